The van der Waals surface area contributed by atoms with Crippen molar-refractivity contribution in [2.75, 3.05) is 0 Å². The van der Waals surface area contributed by atoms with Gasteiger partial charge in [-0.1, -0.05) is 33.6 Å². The average molecular weight is 356 g/mol. The van der Waals surface area contributed by atoms with Crippen LogP contribution in [0.4, 0.5) is 0 Å². The maximum absolute atomic E-state index is 9.84. The summed E-state index contributed by atoms with van der Waals surface area (Å²) in [6.07, 6.45) is -0.592. The fourth-order valence-corrected chi connectivity index (χ4v) is 2.78. The molecule has 0 aliphatic heterocycles. The molecular formula is C16H16BrClO2. The first-order valence-corrected chi connectivity index (χ1v) is 7.47. The van der Waals surface area contributed by atoms with Gasteiger partial charge in [0.25, 0.3) is 0 Å². The highest BCUT2D eigenvalue weighted by Crippen LogP contribution is 2.36. The van der Waals surface area contributed by atoms with Gasteiger partial charge in [-0.15, -0.1) is 0 Å². The van der Waals surface area contributed by atoms with E-state index in [1.165, 1.54) is 0 Å². The number of aliphatic hydroxyl groups excluding tert-OH is 1. The molecule has 1 unspecified atom stereocenters. The van der Waals surface area contributed by atoms with Gasteiger partial charge < -0.3 is 9.84 Å². The Kier molecular flexibility index (Phi) is 4.74. The molecule has 106 valence electrons. The van der Waals surface area contributed by atoms with E-state index in [1.807, 2.05) is 44.2 Å². The van der Waals surface area contributed by atoms with Crippen molar-refractivity contribution in [2.45, 2.75) is 26.9 Å². The van der Waals surface area contributed by atoms with Crippen LogP contribution in [0, 0.1) is 13.8 Å². The third kappa shape index (κ3) is 3.35. The molecule has 2 nitrogen and oxygen atoms in total. The number of hydrogen-bond acceptors (Lipinski definition) is 2. The molecule has 0 bridgehead atoms. The van der Waals surface area contributed by atoms with Gasteiger partial charge in [0, 0.05) is 15.1 Å². The summed E-state index contributed by atoms with van der Waals surface area (Å²) in [4.78, 5) is 0. The standard InChI is InChI=1S/C16H16BrClO2/c1-9-6-13(18)7-10(2)16(9)20-15-8-12(17)4-5-14(15)11(3)19/h4-8,11,19H,1-3H3. The number of hydrogen-bond donors (Lipinski definition) is 1. The molecule has 0 amide bonds. The van der Waals surface area contributed by atoms with Gasteiger partial charge in [0.15, 0.2) is 0 Å². The van der Waals surface area contributed by atoms with E-state index in [-0.39, 0.29) is 0 Å². The van der Waals surface area contributed by atoms with Crippen LogP contribution in [0.5, 0.6) is 11.5 Å². The first-order valence-electron chi connectivity index (χ1n) is 6.30. The molecule has 2 aromatic carbocycles. The van der Waals surface area contributed by atoms with Crippen LogP contribution in [0.2, 0.25) is 5.02 Å². The van der Waals surface area contributed by atoms with Crippen molar-refractivity contribution in [3.63, 3.8) is 0 Å². The highest BCUT2D eigenvalue weighted by Gasteiger charge is 2.13. The number of ether oxygens (including phenoxy) is 1. The van der Waals surface area contributed by atoms with E-state index in [9.17, 15) is 5.11 Å². The third-order valence-electron chi connectivity index (χ3n) is 3.06. The van der Waals surface area contributed by atoms with Crippen LogP contribution in [-0.4, -0.2) is 5.11 Å². The van der Waals surface area contributed by atoms with Crippen molar-refractivity contribution in [1.29, 1.82) is 0 Å². The van der Waals surface area contributed by atoms with Gasteiger partial charge in [-0.25, -0.2) is 0 Å². The Labute approximate surface area is 132 Å². The summed E-state index contributed by atoms with van der Waals surface area (Å²) < 4.78 is 6.92. The molecule has 20 heavy (non-hydrogen) atoms. The lowest BCUT2D eigenvalue weighted by Crippen LogP contribution is -1.98. The molecule has 1 atom stereocenters. The molecule has 0 saturated heterocycles. The Hall–Kier alpha value is -1.03. The van der Waals surface area contributed by atoms with Crippen LogP contribution < -0.4 is 4.74 Å². The molecule has 0 fully saturated rings. The fraction of sp³-hybridized carbons (Fsp3) is 0.250. The van der Waals surface area contributed by atoms with E-state index >= 15 is 0 Å². The maximum Gasteiger partial charge on any atom is 0.134 e. The van der Waals surface area contributed by atoms with Crippen molar-refractivity contribution in [3.8, 4) is 11.5 Å². The lowest BCUT2D eigenvalue weighted by molar-refractivity contribution is 0.195. The SMILES string of the molecule is Cc1cc(Cl)cc(C)c1Oc1cc(Br)ccc1C(C)O. The number of halogens is 2. The molecule has 2 rings (SSSR count). The zero-order valence-corrected chi connectivity index (χ0v) is 13.9. The Bertz CT molecular complexity index is 615. The van der Waals surface area contributed by atoms with Crippen LogP contribution in [0.25, 0.3) is 0 Å². The Morgan fingerprint density at radius 1 is 1.15 bits per heavy atom. The second kappa shape index (κ2) is 6.17. The van der Waals surface area contributed by atoms with E-state index < -0.39 is 6.10 Å². The molecule has 0 saturated carbocycles. The Balaban J connectivity index is 2.47. The number of rotatable bonds is 3. The molecule has 0 aliphatic rings. The van der Waals surface area contributed by atoms with E-state index in [4.69, 9.17) is 16.3 Å². The molecule has 0 heterocycles. The zero-order valence-electron chi connectivity index (χ0n) is 11.6. The topological polar surface area (TPSA) is 29.5 Å². The third-order valence-corrected chi connectivity index (χ3v) is 3.77. The van der Waals surface area contributed by atoms with Gasteiger partial charge in [-0.2, -0.15) is 0 Å². The normalized spacial score (nSPS) is 12.3. The molecule has 0 radical (unpaired) electrons. The average Bonchev–Trinajstić information content (AvgIpc) is 2.33. The van der Waals surface area contributed by atoms with Crippen LogP contribution >= 0.6 is 27.5 Å². The van der Waals surface area contributed by atoms with Crippen molar-refractivity contribution < 1.29 is 9.84 Å². The van der Waals surface area contributed by atoms with Crippen LogP contribution in [0.3, 0.4) is 0 Å². The minimum absolute atomic E-state index is 0.592. The largest absolute Gasteiger partial charge is 0.456 e. The molecule has 0 aliphatic carbocycles. The lowest BCUT2D eigenvalue weighted by atomic mass is 10.1. The smallest absolute Gasteiger partial charge is 0.134 e. The maximum atomic E-state index is 9.84. The van der Waals surface area contributed by atoms with Crippen LogP contribution in [-0.2, 0) is 0 Å². The van der Waals surface area contributed by atoms with Gasteiger partial charge in [0.2, 0.25) is 0 Å². The molecule has 0 spiro atoms. The van der Waals surface area contributed by atoms with E-state index in [0.717, 1.165) is 26.9 Å². The summed E-state index contributed by atoms with van der Waals surface area (Å²) in [6.45, 7) is 5.63. The first kappa shape index (κ1) is 15.4. The predicted molar refractivity (Wildman–Crippen MR) is 85.8 cm³/mol. The fourth-order valence-electron chi connectivity index (χ4n) is 2.11. The number of benzene rings is 2. The zero-order chi connectivity index (χ0) is 14.9. The predicted octanol–water partition coefficient (Wildman–Crippen LogP) is 5.56. The summed E-state index contributed by atoms with van der Waals surface area (Å²) in [7, 11) is 0. The molecular weight excluding hydrogens is 340 g/mol. The Morgan fingerprint density at radius 3 is 2.30 bits per heavy atom. The first-order chi connectivity index (χ1) is 9.38. The number of aryl methyl sites for hydroxylation is 2. The summed E-state index contributed by atoms with van der Waals surface area (Å²) in [6, 6.07) is 9.32. The minimum Gasteiger partial charge on any atom is -0.456 e. The van der Waals surface area contributed by atoms with Crippen molar-refractivity contribution >= 4 is 27.5 Å². The van der Waals surface area contributed by atoms with Gasteiger partial charge in [-0.3, -0.25) is 0 Å². The highest BCUT2D eigenvalue weighted by atomic mass is 79.9. The molecule has 0 aromatic heterocycles. The van der Waals surface area contributed by atoms with Gasteiger partial charge >= 0.3 is 0 Å². The second-order valence-electron chi connectivity index (χ2n) is 4.83. The molecule has 2 aromatic rings. The van der Waals surface area contributed by atoms with E-state index in [2.05, 4.69) is 15.9 Å². The van der Waals surface area contributed by atoms with Crippen molar-refractivity contribution in [3.05, 3.63) is 56.5 Å². The van der Waals surface area contributed by atoms with Crippen molar-refractivity contribution in [2.24, 2.45) is 0 Å². The quantitative estimate of drug-likeness (QED) is 0.780. The van der Waals surface area contributed by atoms with Crippen molar-refractivity contribution in [1.82, 2.24) is 0 Å². The monoisotopic (exact) mass is 354 g/mol. The highest BCUT2D eigenvalue weighted by molar-refractivity contribution is 9.10. The van der Waals surface area contributed by atoms with Crippen LogP contribution in [0.1, 0.15) is 29.7 Å². The second-order valence-corrected chi connectivity index (χ2v) is 6.18. The lowest BCUT2D eigenvalue weighted by Gasteiger charge is -2.17. The van der Waals surface area contributed by atoms with Gasteiger partial charge in [0.1, 0.15) is 11.5 Å². The van der Waals surface area contributed by atoms with E-state index in [1.54, 1.807) is 6.92 Å². The molecule has 1 N–H and O–H groups in total. The summed E-state index contributed by atoms with van der Waals surface area (Å²) in [5.41, 5.74) is 2.68. The summed E-state index contributed by atoms with van der Waals surface area (Å²) in [5, 5.41) is 10.5. The summed E-state index contributed by atoms with van der Waals surface area (Å²) >= 11 is 9.45. The van der Waals surface area contributed by atoms with Crippen LogP contribution in [0.15, 0.2) is 34.8 Å². The van der Waals surface area contributed by atoms with Gasteiger partial charge in [0.05, 0.1) is 6.10 Å². The van der Waals surface area contributed by atoms with E-state index in [0.29, 0.717) is 10.8 Å². The summed E-state index contributed by atoms with van der Waals surface area (Å²) in [5.74, 6) is 1.41. The minimum atomic E-state index is -0.592. The number of aliphatic hydroxyl groups is 1. The Morgan fingerprint density at radius 2 is 1.75 bits per heavy atom. The van der Waals surface area contributed by atoms with Gasteiger partial charge in [-0.05, 0) is 56.2 Å². The molecule has 4 heteroatoms.